The molecular weight excluding hydrogens is 182 g/mol. The van der Waals surface area contributed by atoms with Crippen LogP contribution in [0.1, 0.15) is 17.4 Å². The molecular formula is C7H8F2N2O2. The number of aromatic carboxylic acids is 1. The van der Waals surface area contributed by atoms with E-state index in [0.29, 0.717) is 0 Å². The standard InChI is InChI=1S/C7H8F2N2O2/c1-7(8,9)3-11-4-10-2-5(11)6(12)13/h2,4H,3H2,1H3,(H,12,13). The van der Waals surface area contributed by atoms with Crippen molar-refractivity contribution >= 4 is 5.97 Å². The van der Waals surface area contributed by atoms with Gasteiger partial charge in [0.2, 0.25) is 0 Å². The minimum atomic E-state index is -2.94. The minimum Gasteiger partial charge on any atom is -0.477 e. The van der Waals surface area contributed by atoms with Crippen molar-refractivity contribution in [2.24, 2.45) is 0 Å². The zero-order valence-electron chi connectivity index (χ0n) is 6.87. The Balaban J connectivity index is 2.89. The van der Waals surface area contributed by atoms with Crippen LogP contribution in [0.4, 0.5) is 8.78 Å². The van der Waals surface area contributed by atoms with Gasteiger partial charge in [0.15, 0.2) is 0 Å². The van der Waals surface area contributed by atoms with Crippen LogP contribution in [0.3, 0.4) is 0 Å². The molecule has 0 atom stereocenters. The van der Waals surface area contributed by atoms with Crippen LogP contribution in [0.15, 0.2) is 12.5 Å². The van der Waals surface area contributed by atoms with Crippen LogP contribution in [0.2, 0.25) is 0 Å². The third kappa shape index (κ3) is 2.50. The Bertz CT molecular complexity index is 317. The van der Waals surface area contributed by atoms with Crippen molar-refractivity contribution < 1.29 is 18.7 Å². The Morgan fingerprint density at radius 1 is 1.77 bits per heavy atom. The van der Waals surface area contributed by atoms with Gasteiger partial charge < -0.3 is 9.67 Å². The summed E-state index contributed by atoms with van der Waals surface area (Å²) in [5.74, 6) is -4.20. The number of carboxylic acid groups (broad SMARTS) is 1. The molecule has 0 fully saturated rings. The number of hydrogen-bond donors (Lipinski definition) is 1. The molecule has 0 radical (unpaired) electrons. The molecule has 1 N–H and O–H groups in total. The molecule has 1 rings (SSSR count). The van der Waals surface area contributed by atoms with E-state index in [-0.39, 0.29) is 5.69 Å². The smallest absolute Gasteiger partial charge is 0.354 e. The summed E-state index contributed by atoms with van der Waals surface area (Å²) in [7, 11) is 0. The van der Waals surface area contributed by atoms with Crippen LogP contribution in [-0.2, 0) is 6.54 Å². The third-order valence-corrected chi connectivity index (χ3v) is 1.38. The van der Waals surface area contributed by atoms with Crippen molar-refractivity contribution in [2.45, 2.75) is 19.4 Å². The number of rotatable bonds is 3. The molecule has 4 nitrogen and oxygen atoms in total. The highest BCUT2D eigenvalue weighted by Gasteiger charge is 2.24. The van der Waals surface area contributed by atoms with Crippen LogP contribution in [0.5, 0.6) is 0 Å². The van der Waals surface area contributed by atoms with Gasteiger partial charge in [0.05, 0.1) is 19.1 Å². The molecule has 0 amide bonds. The first kappa shape index (κ1) is 9.63. The predicted octanol–water partition coefficient (Wildman–Crippen LogP) is 1.24. The van der Waals surface area contributed by atoms with Crippen molar-refractivity contribution in [3.63, 3.8) is 0 Å². The summed E-state index contributed by atoms with van der Waals surface area (Å²) in [6.45, 7) is 0.0489. The molecule has 0 aliphatic carbocycles. The van der Waals surface area contributed by atoms with E-state index < -0.39 is 18.4 Å². The average molecular weight is 190 g/mol. The van der Waals surface area contributed by atoms with Gasteiger partial charge in [-0.15, -0.1) is 0 Å². The lowest BCUT2D eigenvalue weighted by molar-refractivity contribution is 0.00301. The van der Waals surface area contributed by atoms with Crippen LogP contribution < -0.4 is 0 Å². The van der Waals surface area contributed by atoms with Crippen LogP contribution in [-0.4, -0.2) is 26.5 Å². The van der Waals surface area contributed by atoms with Gasteiger partial charge in [0, 0.05) is 6.92 Å². The molecule has 72 valence electrons. The molecule has 0 aliphatic heterocycles. The summed E-state index contributed by atoms with van der Waals surface area (Å²) in [5, 5.41) is 8.55. The van der Waals surface area contributed by atoms with Gasteiger partial charge in [-0.05, 0) is 0 Å². The SMILES string of the molecule is CC(F)(F)Cn1cncc1C(=O)O. The Morgan fingerprint density at radius 2 is 2.38 bits per heavy atom. The quantitative estimate of drug-likeness (QED) is 0.780. The number of carbonyl (C=O) groups is 1. The van der Waals surface area contributed by atoms with E-state index >= 15 is 0 Å². The lowest BCUT2D eigenvalue weighted by atomic mass is 10.3. The first-order chi connectivity index (χ1) is 5.90. The second kappa shape index (κ2) is 3.12. The van der Waals surface area contributed by atoms with E-state index in [1.807, 2.05) is 0 Å². The maximum atomic E-state index is 12.5. The van der Waals surface area contributed by atoms with Gasteiger partial charge in [0.1, 0.15) is 5.69 Å². The fourth-order valence-corrected chi connectivity index (χ4v) is 0.924. The minimum absolute atomic E-state index is 0.235. The first-order valence-electron chi connectivity index (χ1n) is 3.51. The van der Waals surface area contributed by atoms with Gasteiger partial charge in [0.25, 0.3) is 5.92 Å². The topological polar surface area (TPSA) is 55.1 Å². The van der Waals surface area contributed by atoms with Gasteiger partial charge in [-0.3, -0.25) is 0 Å². The van der Waals surface area contributed by atoms with Gasteiger partial charge in [-0.1, -0.05) is 0 Å². The zero-order valence-corrected chi connectivity index (χ0v) is 6.87. The molecule has 0 aromatic carbocycles. The lowest BCUT2D eigenvalue weighted by Crippen LogP contribution is -2.21. The molecule has 1 aromatic heterocycles. The number of halogens is 2. The van der Waals surface area contributed by atoms with Crippen LogP contribution >= 0.6 is 0 Å². The molecule has 0 unspecified atom stereocenters. The van der Waals surface area contributed by atoms with E-state index in [4.69, 9.17) is 5.11 Å². The summed E-state index contributed by atoms with van der Waals surface area (Å²) in [5.41, 5.74) is -0.235. The Kier molecular flexibility index (Phi) is 2.31. The number of imidazole rings is 1. The van der Waals surface area contributed by atoms with Crippen molar-refractivity contribution in [1.29, 1.82) is 0 Å². The molecule has 13 heavy (non-hydrogen) atoms. The molecule has 0 saturated carbocycles. The Morgan fingerprint density at radius 3 is 2.85 bits per heavy atom. The maximum absolute atomic E-state index is 12.5. The van der Waals surface area contributed by atoms with Crippen molar-refractivity contribution in [1.82, 2.24) is 9.55 Å². The fraction of sp³-hybridized carbons (Fsp3) is 0.429. The largest absolute Gasteiger partial charge is 0.477 e. The highest BCUT2D eigenvalue weighted by Crippen LogP contribution is 2.15. The van der Waals surface area contributed by atoms with Gasteiger partial charge in [-0.25, -0.2) is 18.6 Å². The van der Waals surface area contributed by atoms with Crippen LogP contribution in [0, 0.1) is 0 Å². The average Bonchev–Trinajstić information content (AvgIpc) is 2.31. The summed E-state index contributed by atoms with van der Waals surface area (Å²) in [6.07, 6.45) is 2.11. The van der Waals surface area contributed by atoms with E-state index in [1.165, 1.54) is 0 Å². The predicted molar refractivity (Wildman–Crippen MR) is 39.8 cm³/mol. The molecule has 0 bridgehead atoms. The van der Waals surface area contributed by atoms with Crippen molar-refractivity contribution in [3.8, 4) is 0 Å². The molecule has 0 aliphatic rings. The lowest BCUT2D eigenvalue weighted by Gasteiger charge is -2.11. The number of nitrogens with zero attached hydrogens (tertiary/aromatic N) is 2. The van der Waals surface area contributed by atoms with Gasteiger partial charge in [-0.2, -0.15) is 0 Å². The normalized spacial score (nSPS) is 11.6. The van der Waals surface area contributed by atoms with Crippen molar-refractivity contribution in [2.75, 3.05) is 0 Å². The highest BCUT2D eigenvalue weighted by molar-refractivity contribution is 5.85. The van der Waals surface area contributed by atoms with E-state index in [1.54, 1.807) is 0 Å². The summed E-state index contributed by atoms with van der Waals surface area (Å²) in [6, 6.07) is 0. The van der Waals surface area contributed by atoms with Crippen molar-refractivity contribution in [3.05, 3.63) is 18.2 Å². The molecule has 0 saturated heterocycles. The van der Waals surface area contributed by atoms with E-state index in [9.17, 15) is 13.6 Å². The summed E-state index contributed by atoms with van der Waals surface area (Å²) < 4.78 is 25.9. The number of alkyl halides is 2. The molecule has 6 heteroatoms. The second-order valence-electron chi connectivity index (χ2n) is 2.78. The maximum Gasteiger partial charge on any atom is 0.354 e. The van der Waals surface area contributed by atoms with Crippen LogP contribution in [0.25, 0.3) is 0 Å². The molecule has 1 aromatic rings. The summed E-state index contributed by atoms with van der Waals surface area (Å²) >= 11 is 0. The molecule has 1 heterocycles. The second-order valence-corrected chi connectivity index (χ2v) is 2.78. The first-order valence-corrected chi connectivity index (χ1v) is 3.51. The fourth-order valence-electron chi connectivity index (χ4n) is 0.924. The highest BCUT2D eigenvalue weighted by atomic mass is 19.3. The van der Waals surface area contributed by atoms with E-state index in [2.05, 4.69) is 4.98 Å². The monoisotopic (exact) mass is 190 g/mol. The number of hydrogen-bond acceptors (Lipinski definition) is 2. The zero-order chi connectivity index (χ0) is 10.1. The Hall–Kier alpha value is -1.46. The summed E-state index contributed by atoms with van der Waals surface area (Å²) in [4.78, 5) is 13.9. The number of carboxylic acids is 1. The van der Waals surface area contributed by atoms with Gasteiger partial charge >= 0.3 is 5.97 Å². The molecule has 0 spiro atoms. The third-order valence-electron chi connectivity index (χ3n) is 1.38. The number of aromatic nitrogens is 2. The van der Waals surface area contributed by atoms with E-state index in [0.717, 1.165) is 24.0 Å². The Labute approximate surface area is 72.8 Å².